The second kappa shape index (κ2) is 12.5. The summed E-state index contributed by atoms with van der Waals surface area (Å²) < 4.78 is 10.8. The van der Waals surface area contributed by atoms with Crippen LogP contribution in [0.2, 0.25) is 0 Å². The van der Waals surface area contributed by atoms with Gasteiger partial charge in [-0.25, -0.2) is 4.98 Å². The molecule has 210 valence electrons. The van der Waals surface area contributed by atoms with Crippen LogP contribution in [0.3, 0.4) is 0 Å². The van der Waals surface area contributed by atoms with Crippen LogP contribution in [0.25, 0.3) is 11.3 Å². The third kappa shape index (κ3) is 6.57. The molecule has 41 heavy (non-hydrogen) atoms. The average Bonchev–Trinajstić information content (AvgIpc) is 3.54. The number of carbonyl (C=O) groups is 2. The Morgan fingerprint density at radius 2 is 1.15 bits per heavy atom. The highest BCUT2D eigenvalue weighted by molar-refractivity contribution is 7.12. The highest BCUT2D eigenvalue weighted by atomic mass is 32.1. The summed E-state index contributed by atoms with van der Waals surface area (Å²) >= 11 is 1.29. The molecule has 0 spiro atoms. The van der Waals surface area contributed by atoms with Gasteiger partial charge >= 0.3 is 0 Å². The van der Waals surface area contributed by atoms with E-state index < -0.39 is 0 Å². The van der Waals surface area contributed by atoms with Crippen molar-refractivity contribution in [2.24, 2.45) is 0 Å². The summed E-state index contributed by atoms with van der Waals surface area (Å²) in [7, 11) is 0. The van der Waals surface area contributed by atoms with Gasteiger partial charge in [-0.05, 0) is 60.7 Å². The fraction of sp³-hybridized carbons (Fsp3) is 0.258. The van der Waals surface area contributed by atoms with Crippen LogP contribution in [0.15, 0.2) is 78.2 Å². The van der Waals surface area contributed by atoms with Gasteiger partial charge in [0.2, 0.25) is 0 Å². The topological polar surface area (TPSA) is 96.0 Å². The standard InChI is InChI=1S/C31H31N5O4S/c37-29(32-24-5-9-26(10-6-24)35-13-17-39-18-14-35)23-3-1-22(2-4-23)28-21-41-31(34-28)30(38)33-25-7-11-27(12-8-25)36-15-19-40-20-16-36/h1-12,21H,13-20H2,(H,32,37)(H,33,38). The molecule has 1 aromatic heterocycles. The summed E-state index contributed by atoms with van der Waals surface area (Å²) in [5.74, 6) is -0.440. The molecule has 0 unspecified atom stereocenters. The number of nitrogens with zero attached hydrogens (tertiary/aromatic N) is 3. The van der Waals surface area contributed by atoms with E-state index in [0.717, 1.165) is 80.9 Å². The van der Waals surface area contributed by atoms with E-state index in [9.17, 15) is 9.59 Å². The average molecular weight is 570 g/mol. The molecular formula is C31H31N5O4S. The van der Waals surface area contributed by atoms with E-state index in [0.29, 0.717) is 16.3 Å². The monoisotopic (exact) mass is 569 g/mol. The zero-order valence-corrected chi connectivity index (χ0v) is 23.4. The molecule has 0 aliphatic carbocycles. The van der Waals surface area contributed by atoms with E-state index in [1.165, 1.54) is 11.3 Å². The van der Waals surface area contributed by atoms with Crippen molar-refractivity contribution in [3.8, 4) is 11.3 Å². The lowest BCUT2D eigenvalue weighted by Gasteiger charge is -2.28. The Morgan fingerprint density at radius 1 is 0.659 bits per heavy atom. The summed E-state index contributed by atoms with van der Waals surface area (Å²) in [6, 6.07) is 22.9. The zero-order chi connectivity index (χ0) is 28.0. The molecule has 6 rings (SSSR count). The lowest BCUT2D eigenvalue weighted by Crippen LogP contribution is -2.36. The Balaban J connectivity index is 1.04. The van der Waals surface area contributed by atoms with Crippen LogP contribution < -0.4 is 20.4 Å². The molecule has 3 heterocycles. The summed E-state index contributed by atoms with van der Waals surface area (Å²) in [6.07, 6.45) is 0. The Bertz CT molecular complexity index is 1480. The zero-order valence-electron chi connectivity index (χ0n) is 22.5. The first-order valence-corrected chi connectivity index (χ1v) is 14.5. The molecular weight excluding hydrogens is 538 g/mol. The highest BCUT2D eigenvalue weighted by Gasteiger charge is 2.16. The quantitative estimate of drug-likeness (QED) is 0.324. The van der Waals surface area contributed by atoms with Crippen molar-refractivity contribution in [3.63, 3.8) is 0 Å². The van der Waals surface area contributed by atoms with Crippen molar-refractivity contribution >= 4 is 45.9 Å². The number of benzene rings is 3. The molecule has 2 N–H and O–H groups in total. The maximum Gasteiger partial charge on any atom is 0.284 e. The number of ether oxygens (including phenoxy) is 2. The van der Waals surface area contributed by atoms with Gasteiger partial charge in [-0.1, -0.05) is 12.1 Å². The second-order valence-corrected chi connectivity index (χ2v) is 10.7. The first-order valence-electron chi connectivity index (χ1n) is 13.7. The van der Waals surface area contributed by atoms with E-state index in [2.05, 4.69) is 25.4 Å². The molecule has 2 amide bonds. The van der Waals surface area contributed by atoms with E-state index in [1.807, 2.05) is 66.0 Å². The molecule has 2 saturated heterocycles. The largest absolute Gasteiger partial charge is 0.378 e. The molecule has 0 saturated carbocycles. The SMILES string of the molecule is O=C(Nc1ccc(N2CCOCC2)cc1)c1ccc(-c2csc(C(=O)Nc3ccc(N4CCOCC4)cc3)n2)cc1. The molecule has 2 fully saturated rings. The molecule has 4 aromatic rings. The molecule has 9 nitrogen and oxygen atoms in total. The Labute approximate surface area is 242 Å². The number of carbonyl (C=O) groups excluding carboxylic acids is 2. The fourth-order valence-electron chi connectivity index (χ4n) is 4.85. The van der Waals surface area contributed by atoms with Crippen molar-refractivity contribution in [2.45, 2.75) is 0 Å². The predicted octanol–water partition coefficient (Wildman–Crippen LogP) is 4.99. The van der Waals surface area contributed by atoms with Gasteiger partial charge in [-0.3, -0.25) is 9.59 Å². The predicted molar refractivity (Wildman–Crippen MR) is 162 cm³/mol. The Kier molecular flexibility index (Phi) is 8.22. The maximum absolute atomic E-state index is 12.8. The van der Waals surface area contributed by atoms with Crippen LogP contribution >= 0.6 is 11.3 Å². The number of rotatable bonds is 7. The highest BCUT2D eigenvalue weighted by Crippen LogP contribution is 2.25. The molecule has 0 radical (unpaired) electrons. The first-order chi connectivity index (χ1) is 20.1. The van der Waals surface area contributed by atoms with Crippen LogP contribution in [0.1, 0.15) is 20.2 Å². The lowest BCUT2D eigenvalue weighted by atomic mass is 10.1. The van der Waals surface area contributed by atoms with Gasteiger partial charge in [0.15, 0.2) is 5.01 Å². The normalized spacial score (nSPS) is 15.4. The molecule has 2 aliphatic heterocycles. The van der Waals surface area contributed by atoms with E-state index in [4.69, 9.17) is 9.47 Å². The minimum Gasteiger partial charge on any atom is -0.378 e. The summed E-state index contributed by atoms with van der Waals surface area (Å²) in [5, 5.41) is 8.11. The van der Waals surface area contributed by atoms with Gasteiger partial charge in [-0.2, -0.15) is 0 Å². The number of morpholine rings is 2. The van der Waals surface area contributed by atoms with Gasteiger partial charge < -0.3 is 29.9 Å². The van der Waals surface area contributed by atoms with Gasteiger partial charge in [0, 0.05) is 65.4 Å². The summed E-state index contributed by atoms with van der Waals surface area (Å²) in [5.41, 5.74) is 5.75. The molecule has 0 bridgehead atoms. The first kappa shape index (κ1) is 26.9. The fourth-order valence-corrected chi connectivity index (χ4v) is 5.57. The van der Waals surface area contributed by atoms with Gasteiger partial charge in [-0.15, -0.1) is 11.3 Å². The van der Waals surface area contributed by atoms with Gasteiger partial charge in [0.1, 0.15) is 0 Å². The summed E-state index contributed by atoms with van der Waals surface area (Å²) in [6.45, 7) is 6.38. The summed E-state index contributed by atoms with van der Waals surface area (Å²) in [4.78, 5) is 34.7. The number of thiazole rings is 1. The second-order valence-electron chi connectivity index (χ2n) is 9.82. The maximum atomic E-state index is 12.8. The Hall–Kier alpha value is -4.25. The van der Waals surface area contributed by atoms with Crippen molar-refractivity contribution in [1.82, 2.24) is 4.98 Å². The van der Waals surface area contributed by atoms with Crippen LogP contribution in [-0.2, 0) is 9.47 Å². The van der Waals surface area contributed by atoms with Crippen LogP contribution in [-0.4, -0.2) is 69.4 Å². The molecule has 3 aromatic carbocycles. The minimum atomic E-state index is -0.254. The molecule has 0 atom stereocenters. The van der Waals surface area contributed by atoms with Gasteiger partial charge in [0.25, 0.3) is 11.8 Å². The number of amides is 2. The number of anilines is 4. The number of hydrogen-bond acceptors (Lipinski definition) is 8. The smallest absolute Gasteiger partial charge is 0.284 e. The van der Waals surface area contributed by atoms with Crippen molar-refractivity contribution in [1.29, 1.82) is 0 Å². The van der Waals surface area contributed by atoms with E-state index in [1.54, 1.807) is 12.1 Å². The third-order valence-electron chi connectivity index (χ3n) is 7.14. The van der Waals surface area contributed by atoms with E-state index in [-0.39, 0.29) is 11.8 Å². The third-order valence-corrected chi connectivity index (χ3v) is 7.99. The number of hydrogen-bond donors (Lipinski definition) is 2. The van der Waals surface area contributed by atoms with Gasteiger partial charge in [0.05, 0.1) is 32.1 Å². The molecule has 10 heteroatoms. The molecule has 2 aliphatic rings. The number of nitrogens with one attached hydrogen (secondary N) is 2. The van der Waals surface area contributed by atoms with Crippen LogP contribution in [0.5, 0.6) is 0 Å². The Morgan fingerprint density at radius 3 is 1.66 bits per heavy atom. The number of aromatic nitrogens is 1. The van der Waals surface area contributed by atoms with Crippen molar-refractivity contribution in [2.75, 3.05) is 73.0 Å². The lowest BCUT2D eigenvalue weighted by molar-refractivity contribution is 0.101. The van der Waals surface area contributed by atoms with E-state index >= 15 is 0 Å². The van der Waals surface area contributed by atoms with Crippen LogP contribution in [0, 0.1) is 0 Å². The van der Waals surface area contributed by atoms with Crippen molar-refractivity contribution < 1.29 is 19.1 Å². The van der Waals surface area contributed by atoms with Crippen LogP contribution in [0.4, 0.5) is 22.7 Å². The van der Waals surface area contributed by atoms with Crippen molar-refractivity contribution in [3.05, 3.63) is 88.7 Å². The minimum absolute atomic E-state index is 0.186.